The van der Waals surface area contributed by atoms with Gasteiger partial charge in [-0.25, -0.2) is 0 Å². The molecule has 0 fully saturated rings. The maximum absolute atomic E-state index is 13.7. The second-order valence-electron chi connectivity index (χ2n) is 7.09. The zero-order valence-corrected chi connectivity index (χ0v) is 16.7. The Kier molecular flexibility index (Phi) is 5.76. The minimum Gasteiger partial charge on any atom is -0.497 e. The van der Waals surface area contributed by atoms with E-state index in [9.17, 15) is 23.1 Å². The minimum atomic E-state index is -5.12. The van der Waals surface area contributed by atoms with Gasteiger partial charge in [0.05, 0.1) is 19.2 Å². The fourth-order valence-corrected chi connectivity index (χ4v) is 3.21. The molecular weight excluding hydrogens is 401 g/mol. The van der Waals surface area contributed by atoms with E-state index in [-0.39, 0.29) is 10.7 Å². The second kappa shape index (κ2) is 7.98. The molecule has 2 aromatic rings. The summed E-state index contributed by atoms with van der Waals surface area (Å²) >= 11 is 0. The standard InChI is InChI=1S/C21H21F3N2O4/c1-13-7-14(2)9-17(8-13)30-12-19(27)26-20(28,21(22,23)24)11-18(25-26)15-5-4-6-16(10-15)29-3/h4-10,28H,11-12H2,1-3H3/t20-/m1/s1. The van der Waals surface area contributed by atoms with Gasteiger partial charge in [-0.3, -0.25) is 4.79 Å². The number of ether oxygens (including phenoxy) is 2. The van der Waals surface area contributed by atoms with E-state index in [0.29, 0.717) is 17.1 Å². The number of alkyl halides is 3. The van der Waals surface area contributed by atoms with E-state index in [1.807, 2.05) is 19.9 Å². The fraction of sp³-hybridized carbons (Fsp3) is 0.333. The van der Waals surface area contributed by atoms with Crippen LogP contribution in [0.1, 0.15) is 23.1 Å². The van der Waals surface area contributed by atoms with Crippen LogP contribution in [0.3, 0.4) is 0 Å². The third-order valence-corrected chi connectivity index (χ3v) is 4.64. The molecule has 1 amide bonds. The summed E-state index contributed by atoms with van der Waals surface area (Å²) in [7, 11) is 1.42. The molecule has 1 aliphatic rings. The number of aliphatic hydroxyl groups is 1. The molecule has 30 heavy (non-hydrogen) atoms. The lowest BCUT2D eigenvalue weighted by Gasteiger charge is -2.32. The van der Waals surface area contributed by atoms with E-state index in [0.717, 1.165) is 11.1 Å². The van der Waals surface area contributed by atoms with Gasteiger partial charge in [0.15, 0.2) is 6.61 Å². The minimum absolute atomic E-state index is 0.0600. The summed E-state index contributed by atoms with van der Waals surface area (Å²) in [5.41, 5.74) is -1.49. The quantitative estimate of drug-likeness (QED) is 0.800. The van der Waals surface area contributed by atoms with Crippen LogP contribution in [0.15, 0.2) is 47.6 Å². The summed E-state index contributed by atoms with van der Waals surface area (Å²) in [6, 6.07) is 11.4. The van der Waals surface area contributed by atoms with E-state index in [1.54, 1.807) is 24.3 Å². The molecule has 160 valence electrons. The number of hydrogen-bond acceptors (Lipinski definition) is 5. The lowest BCUT2D eigenvalue weighted by Crippen LogP contribution is -2.57. The SMILES string of the molecule is COc1cccc(C2=NN(C(=O)COc3cc(C)cc(C)c3)[C@](O)(C(F)(F)F)C2)c1. The van der Waals surface area contributed by atoms with Crippen molar-refractivity contribution in [3.05, 3.63) is 59.2 Å². The highest BCUT2D eigenvalue weighted by Crippen LogP contribution is 2.41. The monoisotopic (exact) mass is 422 g/mol. The van der Waals surface area contributed by atoms with Crippen molar-refractivity contribution in [1.82, 2.24) is 5.01 Å². The number of benzene rings is 2. The first-order valence-electron chi connectivity index (χ1n) is 9.08. The fourth-order valence-electron chi connectivity index (χ4n) is 3.21. The van der Waals surface area contributed by atoms with E-state index < -0.39 is 30.8 Å². The summed E-state index contributed by atoms with van der Waals surface area (Å²) in [6.45, 7) is 2.95. The van der Waals surface area contributed by atoms with Gasteiger partial charge in [-0.15, -0.1) is 0 Å². The number of rotatable bonds is 5. The van der Waals surface area contributed by atoms with Gasteiger partial charge < -0.3 is 14.6 Å². The zero-order valence-electron chi connectivity index (χ0n) is 16.7. The molecule has 0 spiro atoms. The Morgan fingerprint density at radius 3 is 2.43 bits per heavy atom. The van der Waals surface area contributed by atoms with Crippen LogP contribution in [0, 0.1) is 13.8 Å². The van der Waals surface area contributed by atoms with Crippen LogP contribution < -0.4 is 9.47 Å². The maximum Gasteiger partial charge on any atom is 0.438 e. The average Bonchev–Trinajstić information content (AvgIpc) is 3.04. The van der Waals surface area contributed by atoms with Crippen molar-refractivity contribution in [3.8, 4) is 11.5 Å². The van der Waals surface area contributed by atoms with E-state index in [1.165, 1.54) is 19.2 Å². The van der Waals surface area contributed by atoms with Crippen LogP contribution in [0.25, 0.3) is 0 Å². The number of carbonyl (C=O) groups excluding carboxylic acids is 1. The number of carbonyl (C=O) groups is 1. The Bertz CT molecular complexity index is 970. The van der Waals surface area contributed by atoms with Gasteiger partial charge in [-0.05, 0) is 49.2 Å². The van der Waals surface area contributed by atoms with Crippen LogP contribution in [0.4, 0.5) is 13.2 Å². The van der Waals surface area contributed by atoms with Gasteiger partial charge in [-0.1, -0.05) is 18.2 Å². The molecule has 3 rings (SSSR count). The summed E-state index contributed by atoms with van der Waals surface area (Å²) < 4.78 is 51.5. The molecule has 1 atom stereocenters. The number of amides is 1. The first-order valence-corrected chi connectivity index (χ1v) is 9.08. The molecule has 1 aliphatic heterocycles. The molecule has 0 radical (unpaired) electrons. The largest absolute Gasteiger partial charge is 0.497 e. The van der Waals surface area contributed by atoms with Crippen molar-refractivity contribution in [2.24, 2.45) is 5.10 Å². The van der Waals surface area contributed by atoms with Gasteiger partial charge in [-0.2, -0.15) is 23.3 Å². The summed E-state index contributed by atoms with van der Waals surface area (Å²) in [5.74, 6) is -0.367. The second-order valence-corrected chi connectivity index (χ2v) is 7.09. The lowest BCUT2D eigenvalue weighted by molar-refractivity contribution is -0.302. The highest BCUT2D eigenvalue weighted by Gasteiger charge is 2.63. The Morgan fingerprint density at radius 1 is 1.17 bits per heavy atom. The number of aryl methyl sites for hydroxylation is 2. The molecule has 0 saturated carbocycles. The Hall–Kier alpha value is -3.07. The Labute approximate surface area is 171 Å². The van der Waals surface area contributed by atoms with Crippen LogP contribution in [0.5, 0.6) is 11.5 Å². The third kappa shape index (κ3) is 4.25. The van der Waals surface area contributed by atoms with Crippen molar-refractivity contribution < 1.29 is 32.5 Å². The first kappa shape index (κ1) is 21.6. The van der Waals surface area contributed by atoms with Gasteiger partial charge >= 0.3 is 6.18 Å². The number of methoxy groups -OCH3 is 1. The van der Waals surface area contributed by atoms with Crippen LogP contribution in [0.2, 0.25) is 0 Å². The lowest BCUT2D eigenvalue weighted by atomic mass is 10.0. The van der Waals surface area contributed by atoms with Crippen molar-refractivity contribution in [2.75, 3.05) is 13.7 Å². The van der Waals surface area contributed by atoms with Crippen LogP contribution in [-0.4, -0.2) is 47.4 Å². The van der Waals surface area contributed by atoms with Crippen LogP contribution in [-0.2, 0) is 4.79 Å². The highest BCUT2D eigenvalue weighted by molar-refractivity contribution is 6.03. The molecule has 2 aromatic carbocycles. The van der Waals surface area contributed by atoms with E-state index in [2.05, 4.69) is 5.10 Å². The molecule has 0 bridgehead atoms. The van der Waals surface area contributed by atoms with Crippen molar-refractivity contribution in [2.45, 2.75) is 32.2 Å². The molecule has 1 heterocycles. The van der Waals surface area contributed by atoms with E-state index >= 15 is 0 Å². The Balaban J connectivity index is 1.87. The van der Waals surface area contributed by atoms with Gasteiger partial charge in [0.25, 0.3) is 11.6 Å². The number of hydrogen-bond donors (Lipinski definition) is 1. The van der Waals surface area contributed by atoms with Gasteiger partial charge in [0.1, 0.15) is 11.5 Å². The smallest absolute Gasteiger partial charge is 0.438 e. The summed E-state index contributed by atoms with van der Waals surface area (Å²) in [5, 5.41) is 14.2. The normalized spacial score (nSPS) is 18.9. The number of hydrazone groups is 1. The number of halogens is 3. The topological polar surface area (TPSA) is 71.4 Å². The molecule has 0 saturated heterocycles. The molecule has 0 aromatic heterocycles. The van der Waals surface area contributed by atoms with E-state index in [4.69, 9.17) is 9.47 Å². The summed E-state index contributed by atoms with van der Waals surface area (Å²) in [4.78, 5) is 12.6. The molecule has 0 aliphatic carbocycles. The maximum atomic E-state index is 13.7. The average molecular weight is 422 g/mol. The molecule has 9 heteroatoms. The molecule has 0 unspecified atom stereocenters. The summed E-state index contributed by atoms with van der Waals surface area (Å²) in [6.07, 6.45) is -6.02. The highest BCUT2D eigenvalue weighted by atomic mass is 19.4. The predicted molar refractivity (Wildman–Crippen MR) is 103 cm³/mol. The molecule has 1 N–H and O–H groups in total. The third-order valence-electron chi connectivity index (χ3n) is 4.64. The van der Waals surface area contributed by atoms with Crippen LogP contribution >= 0.6 is 0 Å². The Morgan fingerprint density at radius 2 is 1.83 bits per heavy atom. The molecule has 6 nitrogen and oxygen atoms in total. The first-order chi connectivity index (χ1) is 14.0. The van der Waals surface area contributed by atoms with Crippen molar-refractivity contribution >= 4 is 11.6 Å². The van der Waals surface area contributed by atoms with Gasteiger partial charge in [0, 0.05) is 5.56 Å². The van der Waals surface area contributed by atoms with Gasteiger partial charge in [0.2, 0.25) is 0 Å². The molecular formula is C21H21F3N2O4. The number of nitrogens with zero attached hydrogens (tertiary/aromatic N) is 2. The predicted octanol–water partition coefficient (Wildman–Crippen LogP) is 3.58. The zero-order chi connectivity index (χ0) is 22.1. The van der Waals surface area contributed by atoms with Crippen molar-refractivity contribution in [3.63, 3.8) is 0 Å². The van der Waals surface area contributed by atoms with Crippen molar-refractivity contribution in [1.29, 1.82) is 0 Å².